The van der Waals surface area contributed by atoms with Gasteiger partial charge in [0.25, 0.3) is 5.91 Å². The maximum Gasteiger partial charge on any atom is 0.254 e. The van der Waals surface area contributed by atoms with E-state index in [2.05, 4.69) is 20.6 Å². The predicted molar refractivity (Wildman–Crippen MR) is 94.2 cm³/mol. The Labute approximate surface area is 149 Å². The molecule has 0 fully saturated rings. The van der Waals surface area contributed by atoms with E-state index in [0.29, 0.717) is 17.8 Å². The largest absolute Gasteiger partial charge is 0.352 e. The van der Waals surface area contributed by atoms with Crippen molar-refractivity contribution in [3.05, 3.63) is 83.7 Å². The highest BCUT2D eigenvalue weighted by molar-refractivity contribution is 5.93. The van der Waals surface area contributed by atoms with E-state index in [0.717, 1.165) is 24.1 Å². The van der Waals surface area contributed by atoms with Crippen LogP contribution in [0.25, 0.3) is 0 Å². The Balaban J connectivity index is 1.54. The summed E-state index contributed by atoms with van der Waals surface area (Å²) in [4.78, 5) is 20.1. The monoisotopic (exact) mass is 354 g/mol. The van der Waals surface area contributed by atoms with Crippen LogP contribution in [0, 0.1) is 11.6 Å². The standard InChI is InChI=1S/C19H16F2N4O/c20-16-7-6-15(10-17(16)21)25-19-23-11-14(12-24-19)18(26)22-9-8-13-4-2-1-3-5-13/h1-7,10-12H,8-9H2,(H,22,26)(H,23,24,25). The van der Waals surface area contributed by atoms with E-state index in [-0.39, 0.29) is 11.9 Å². The van der Waals surface area contributed by atoms with Gasteiger partial charge >= 0.3 is 0 Å². The van der Waals surface area contributed by atoms with Crippen molar-refractivity contribution < 1.29 is 13.6 Å². The highest BCUT2D eigenvalue weighted by Gasteiger charge is 2.08. The zero-order chi connectivity index (χ0) is 18.4. The number of halogens is 2. The van der Waals surface area contributed by atoms with Gasteiger partial charge in [-0.1, -0.05) is 30.3 Å². The SMILES string of the molecule is O=C(NCCc1ccccc1)c1cnc(Nc2ccc(F)c(F)c2)nc1. The van der Waals surface area contributed by atoms with Gasteiger partial charge in [-0.3, -0.25) is 4.79 Å². The molecule has 132 valence electrons. The number of anilines is 2. The Hall–Kier alpha value is -3.35. The predicted octanol–water partition coefficient (Wildman–Crippen LogP) is 3.47. The lowest BCUT2D eigenvalue weighted by atomic mass is 10.1. The van der Waals surface area contributed by atoms with Crippen molar-refractivity contribution in [3.8, 4) is 0 Å². The molecule has 3 rings (SSSR count). The minimum absolute atomic E-state index is 0.178. The van der Waals surface area contributed by atoms with Crippen LogP contribution in [-0.4, -0.2) is 22.4 Å². The summed E-state index contributed by atoms with van der Waals surface area (Å²) in [5.41, 5.74) is 1.76. The van der Waals surface area contributed by atoms with Gasteiger partial charge in [0.2, 0.25) is 5.95 Å². The molecule has 5 nitrogen and oxygen atoms in total. The molecule has 0 aliphatic heterocycles. The number of carbonyl (C=O) groups excluding carboxylic acids is 1. The molecule has 26 heavy (non-hydrogen) atoms. The highest BCUT2D eigenvalue weighted by Crippen LogP contribution is 2.16. The number of carbonyl (C=O) groups is 1. The maximum atomic E-state index is 13.2. The van der Waals surface area contributed by atoms with E-state index in [1.54, 1.807) is 0 Å². The maximum absolute atomic E-state index is 13.2. The summed E-state index contributed by atoms with van der Waals surface area (Å²) in [6.45, 7) is 0.498. The topological polar surface area (TPSA) is 66.9 Å². The molecule has 3 aromatic rings. The third-order valence-corrected chi connectivity index (χ3v) is 3.63. The van der Waals surface area contributed by atoms with Crippen molar-refractivity contribution in [3.63, 3.8) is 0 Å². The quantitative estimate of drug-likeness (QED) is 0.711. The summed E-state index contributed by atoms with van der Waals surface area (Å²) in [6.07, 6.45) is 3.46. The molecule has 0 bridgehead atoms. The fourth-order valence-corrected chi connectivity index (χ4v) is 2.28. The van der Waals surface area contributed by atoms with Crippen LogP contribution in [0.5, 0.6) is 0 Å². The van der Waals surface area contributed by atoms with Crippen LogP contribution in [0.3, 0.4) is 0 Å². The average Bonchev–Trinajstić information content (AvgIpc) is 2.66. The molecule has 0 saturated carbocycles. The van der Waals surface area contributed by atoms with Gasteiger partial charge in [0.15, 0.2) is 11.6 Å². The Bertz CT molecular complexity index is 886. The Morgan fingerprint density at radius 3 is 2.38 bits per heavy atom. The second kappa shape index (κ2) is 8.15. The van der Waals surface area contributed by atoms with Gasteiger partial charge in [-0.05, 0) is 24.1 Å². The van der Waals surface area contributed by atoms with E-state index in [4.69, 9.17) is 0 Å². The lowest BCUT2D eigenvalue weighted by Crippen LogP contribution is -2.26. The molecule has 7 heteroatoms. The lowest BCUT2D eigenvalue weighted by Gasteiger charge is -2.07. The first-order valence-corrected chi connectivity index (χ1v) is 7.98. The minimum atomic E-state index is -0.968. The Morgan fingerprint density at radius 2 is 1.69 bits per heavy atom. The van der Waals surface area contributed by atoms with Crippen molar-refractivity contribution in [2.24, 2.45) is 0 Å². The van der Waals surface area contributed by atoms with Crippen molar-refractivity contribution in [2.45, 2.75) is 6.42 Å². The first-order chi connectivity index (χ1) is 12.6. The van der Waals surface area contributed by atoms with E-state index in [9.17, 15) is 13.6 Å². The van der Waals surface area contributed by atoms with E-state index in [1.807, 2.05) is 30.3 Å². The number of aromatic nitrogens is 2. The molecule has 0 atom stereocenters. The fraction of sp³-hybridized carbons (Fsp3) is 0.105. The van der Waals surface area contributed by atoms with Crippen LogP contribution in [0.1, 0.15) is 15.9 Å². The van der Waals surface area contributed by atoms with E-state index < -0.39 is 11.6 Å². The summed E-state index contributed by atoms with van der Waals surface area (Å²) < 4.78 is 26.1. The zero-order valence-corrected chi connectivity index (χ0v) is 13.7. The van der Waals surface area contributed by atoms with Crippen molar-refractivity contribution in [1.82, 2.24) is 15.3 Å². The number of rotatable bonds is 6. The first-order valence-electron chi connectivity index (χ1n) is 7.98. The van der Waals surface area contributed by atoms with Gasteiger partial charge in [0, 0.05) is 30.7 Å². The highest BCUT2D eigenvalue weighted by atomic mass is 19.2. The molecular formula is C19H16F2N4O. The molecule has 0 aliphatic carbocycles. The van der Waals surface area contributed by atoms with Gasteiger partial charge in [0.05, 0.1) is 5.56 Å². The van der Waals surface area contributed by atoms with Crippen LogP contribution in [0.4, 0.5) is 20.4 Å². The molecule has 1 amide bonds. The molecule has 0 radical (unpaired) electrons. The van der Waals surface area contributed by atoms with Crippen LogP contribution < -0.4 is 10.6 Å². The number of hydrogen-bond acceptors (Lipinski definition) is 4. The van der Waals surface area contributed by atoms with Crippen LogP contribution >= 0.6 is 0 Å². The number of hydrogen-bond donors (Lipinski definition) is 2. The van der Waals surface area contributed by atoms with Crippen molar-refractivity contribution in [2.75, 3.05) is 11.9 Å². The number of amides is 1. The van der Waals surface area contributed by atoms with Gasteiger partial charge in [-0.25, -0.2) is 18.7 Å². The van der Waals surface area contributed by atoms with E-state index in [1.165, 1.54) is 18.5 Å². The summed E-state index contributed by atoms with van der Waals surface area (Å²) in [5.74, 6) is -2.00. The minimum Gasteiger partial charge on any atom is -0.352 e. The molecule has 0 saturated heterocycles. The van der Waals surface area contributed by atoms with Gasteiger partial charge < -0.3 is 10.6 Å². The van der Waals surface area contributed by atoms with Gasteiger partial charge in [0.1, 0.15) is 0 Å². The van der Waals surface area contributed by atoms with Crippen molar-refractivity contribution >= 4 is 17.5 Å². The second-order valence-electron chi connectivity index (χ2n) is 5.54. The molecule has 0 unspecified atom stereocenters. The van der Waals surface area contributed by atoms with Crippen LogP contribution in [0.15, 0.2) is 60.9 Å². The zero-order valence-electron chi connectivity index (χ0n) is 13.7. The summed E-state index contributed by atoms with van der Waals surface area (Å²) in [5, 5.41) is 5.54. The third-order valence-electron chi connectivity index (χ3n) is 3.63. The smallest absolute Gasteiger partial charge is 0.254 e. The summed E-state index contributed by atoms with van der Waals surface area (Å²) in [6, 6.07) is 13.2. The number of nitrogens with zero attached hydrogens (tertiary/aromatic N) is 2. The summed E-state index contributed by atoms with van der Waals surface area (Å²) in [7, 11) is 0. The Morgan fingerprint density at radius 1 is 0.962 bits per heavy atom. The first kappa shape index (κ1) is 17.5. The third kappa shape index (κ3) is 4.60. The molecule has 0 aliphatic rings. The molecule has 0 spiro atoms. The van der Waals surface area contributed by atoms with Gasteiger partial charge in [-0.2, -0.15) is 0 Å². The normalized spacial score (nSPS) is 10.4. The van der Waals surface area contributed by atoms with Crippen LogP contribution in [0.2, 0.25) is 0 Å². The van der Waals surface area contributed by atoms with Crippen molar-refractivity contribution in [1.29, 1.82) is 0 Å². The Kier molecular flexibility index (Phi) is 5.48. The number of nitrogens with one attached hydrogen (secondary N) is 2. The molecule has 2 aromatic carbocycles. The fourth-order valence-electron chi connectivity index (χ4n) is 2.28. The molecular weight excluding hydrogens is 338 g/mol. The average molecular weight is 354 g/mol. The number of benzene rings is 2. The van der Waals surface area contributed by atoms with E-state index >= 15 is 0 Å². The van der Waals surface area contributed by atoms with Gasteiger partial charge in [-0.15, -0.1) is 0 Å². The van der Waals surface area contributed by atoms with Crippen LogP contribution in [-0.2, 0) is 6.42 Å². The molecule has 1 aromatic heterocycles. The molecule has 2 N–H and O–H groups in total. The summed E-state index contributed by atoms with van der Waals surface area (Å²) >= 11 is 0. The lowest BCUT2D eigenvalue weighted by molar-refractivity contribution is 0.0953. The molecule has 1 heterocycles. The second-order valence-corrected chi connectivity index (χ2v) is 5.54.